The second-order valence-corrected chi connectivity index (χ2v) is 9.10. The molecule has 11 heteroatoms. The number of carbonyl (C=O) groups is 2. The predicted octanol–water partition coefficient (Wildman–Crippen LogP) is 3.05. The molecule has 0 heterocycles. The van der Waals surface area contributed by atoms with Gasteiger partial charge in [-0.3, -0.25) is 4.79 Å². The van der Waals surface area contributed by atoms with E-state index in [1.165, 1.54) is 18.2 Å². The number of sulfonamides is 1. The van der Waals surface area contributed by atoms with Gasteiger partial charge in [0, 0.05) is 18.2 Å². The van der Waals surface area contributed by atoms with E-state index in [1.54, 1.807) is 6.07 Å². The van der Waals surface area contributed by atoms with Crippen LogP contribution in [0.25, 0.3) is 0 Å². The second-order valence-electron chi connectivity index (χ2n) is 6.60. The fraction of sp³-hybridized carbons (Fsp3) is 0.263. The van der Waals surface area contributed by atoms with Crippen molar-refractivity contribution in [2.24, 2.45) is 0 Å². The van der Waals surface area contributed by atoms with Crippen LogP contribution in [0.2, 0.25) is 10.0 Å². The van der Waals surface area contributed by atoms with E-state index in [-0.39, 0.29) is 38.7 Å². The molecule has 0 unspecified atom stereocenters. The summed E-state index contributed by atoms with van der Waals surface area (Å²) in [6.07, 6.45) is 1.45. The second kappa shape index (κ2) is 9.30. The lowest BCUT2D eigenvalue weighted by atomic mass is 10.2. The van der Waals surface area contributed by atoms with E-state index in [1.807, 2.05) is 0 Å². The molecular formula is C19H17Cl2FN2O5S. The predicted molar refractivity (Wildman–Crippen MR) is 108 cm³/mol. The summed E-state index contributed by atoms with van der Waals surface area (Å²) in [6, 6.07) is 7.88. The van der Waals surface area contributed by atoms with Crippen molar-refractivity contribution in [1.82, 2.24) is 10.0 Å². The molecule has 1 aliphatic carbocycles. The first kappa shape index (κ1) is 22.5. The quantitative estimate of drug-likeness (QED) is 0.572. The summed E-state index contributed by atoms with van der Waals surface area (Å²) in [6.45, 7) is -0.741. The molecule has 0 bridgehead atoms. The normalized spacial score (nSPS) is 13.7. The Morgan fingerprint density at radius 1 is 1.13 bits per heavy atom. The zero-order valence-corrected chi connectivity index (χ0v) is 17.8. The minimum atomic E-state index is -3.94. The fourth-order valence-corrected chi connectivity index (χ4v) is 4.63. The van der Waals surface area contributed by atoms with Gasteiger partial charge in [0.05, 0.1) is 15.6 Å². The zero-order chi connectivity index (χ0) is 21.9. The van der Waals surface area contributed by atoms with Crippen LogP contribution >= 0.6 is 23.2 Å². The standard InChI is InChI=1S/C19H17Cl2FN2O5S/c20-14-8-15(21)17(30(27,28)24-12-5-6-12)7-13(14)19(26)29-10-18(25)23-9-11-3-1-2-4-16(11)22/h1-4,7-8,12,24H,5-6,9-10H2,(H,23,25). The minimum Gasteiger partial charge on any atom is -0.452 e. The summed E-state index contributed by atoms with van der Waals surface area (Å²) in [5.41, 5.74) is 0.0232. The molecule has 1 aliphatic rings. The van der Waals surface area contributed by atoms with Crippen molar-refractivity contribution in [3.8, 4) is 0 Å². The number of amides is 1. The number of hydrogen-bond donors (Lipinski definition) is 2. The maximum Gasteiger partial charge on any atom is 0.340 e. The molecule has 0 aromatic heterocycles. The molecule has 2 aromatic carbocycles. The Morgan fingerprint density at radius 3 is 2.50 bits per heavy atom. The Bertz CT molecular complexity index is 1090. The number of nitrogens with one attached hydrogen (secondary N) is 2. The molecule has 1 fully saturated rings. The van der Waals surface area contributed by atoms with Gasteiger partial charge in [-0.15, -0.1) is 0 Å². The van der Waals surface area contributed by atoms with Crippen molar-refractivity contribution >= 4 is 45.1 Å². The van der Waals surface area contributed by atoms with Crippen molar-refractivity contribution in [1.29, 1.82) is 0 Å². The molecule has 160 valence electrons. The maximum absolute atomic E-state index is 13.6. The Morgan fingerprint density at radius 2 is 1.83 bits per heavy atom. The van der Waals surface area contributed by atoms with Gasteiger partial charge >= 0.3 is 5.97 Å². The first-order chi connectivity index (χ1) is 14.2. The summed E-state index contributed by atoms with van der Waals surface area (Å²) < 4.78 is 45.7. The van der Waals surface area contributed by atoms with Crippen LogP contribution in [0.5, 0.6) is 0 Å². The number of hydrogen-bond acceptors (Lipinski definition) is 5. The third kappa shape index (κ3) is 5.69. The molecule has 0 radical (unpaired) electrons. The summed E-state index contributed by atoms with van der Waals surface area (Å²) in [7, 11) is -3.94. The van der Waals surface area contributed by atoms with Crippen LogP contribution in [-0.2, 0) is 26.1 Å². The third-order valence-corrected chi connectivity index (χ3v) is 6.50. The van der Waals surface area contributed by atoms with Crippen LogP contribution < -0.4 is 10.0 Å². The SMILES string of the molecule is O=C(COC(=O)c1cc(S(=O)(=O)NC2CC2)c(Cl)cc1Cl)NCc1ccccc1F. The summed E-state index contributed by atoms with van der Waals surface area (Å²) in [5, 5.41) is 2.15. The monoisotopic (exact) mass is 474 g/mol. The lowest BCUT2D eigenvalue weighted by Gasteiger charge is -2.11. The van der Waals surface area contributed by atoms with Crippen LogP contribution in [0.15, 0.2) is 41.3 Å². The molecule has 1 saturated carbocycles. The van der Waals surface area contributed by atoms with Gasteiger partial charge in [-0.05, 0) is 31.0 Å². The Labute approximate surface area is 182 Å². The highest BCUT2D eigenvalue weighted by molar-refractivity contribution is 7.89. The molecule has 0 saturated heterocycles. The molecule has 30 heavy (non-hydrogen) atoms. The van der Waals surface area contributed by atoms with Gasteiger partial charge < -0.3 is 10.1 Å². The van der Waals surface area contributed by atoms with Gasteiger partial charge in [0.25, 0.3) is 5.91 Å². The Kier molecular flexibility index (Phi) is 6.97. The van der Waals surface area contributed by atoms with E-state index in [9.17, 15) is 22.4 Å². The highest BCUT2D eigenvalue weighted by Crippen LogP contribution is 2.31. The van der Waals surface area contributed by atoms with E-state index in [0.717, 1.165) is 25.0 Å². The van der Waals surface area contributed by atoms with E-state index >= 15 is 0 Å². The zero-order valence-electron chi connectivity index (χ0n) is 15.5. The summed E-state index contributed by atoms with van der Waals surface area (Å²) in [4.78, 5) is 23.9. The van der Waals surface area contributed by atoms with Gasteiger partial charge in [-0.25, -0.2) is 22.3 Å². The van der Waals surface area contributed by atoms with E-state index in [2.05, 4.69) is 10.0 Å². The molecule has 1 amide bonds. The topological polar surface area (TPSA) is 102 Å². The summed E-state index contributed by atoms with van der Waals surface area (Å²) >= 11 is 12.0. The average molecular weight is 475 g/mol. The molecule has 2 aromatic rings. The molecule has 0 aliphatic heterocycles. The Hall–Kier alpha value is -2.20. The first-order valence-corrected chi connectivity index (χ1v) is 11.1. The van der Waals surface area contributed by atoms with E-state index in [4.69, 9.17) is 27.9 Å². The van der Waals surface area contributed by atoms with Gasteiger partial charge in [-0.1, -0.05) is 41.4 Å². The number of benzene rings is 2. The lowest BCUT2D eigenvalue weighted by molar-refractivity contribution is -0.124. The highest BCUT2D eigenvalue weighted by atomic mass is 35.5. The van der Waals surface area contributed by atoms with Crippen molar-refractivity contribution in [3.05, 3.63) is 63.4 Å². The van der Waals surface area contributed by atoms with Crippen LogP contribution in [0.3, 0.4) is 0 Å². The molecule has 0 atom stereocenters. The third-order valence-electron chi connectivity index (χ3n) is 4.20. The van der Waals surface area contributed by atoms with Crippen LogP contribution in [-0.4, -0.2) is 32.9 Å². The van der Waals surface area contributed by atoms with Gasteiger partial charge in [-0.2, -0.15) is 0 Å². The number of carbonyl (C=O) groups excluding carboxylic acids is 2. The first-order valence-electron chi connectivity index (χ1n) is 8.86. The molecule has 3 rings (SSSR count). The van der Waals surface area contributed by atoms with E-state index in [0.29, 0.717) is 0 Å². The smallest absolute Gasteiger partial charge is 0.340 e. The highest BCUT2D eigenvalue weighted by Gasteiger charge is 2.30. The largest absolute Gasteiger partial charge is 0.452 e. The van der Waals surface area contributed by atoms with Crippen molar-refractivity contribution in [3.63, 3.8) is 0 Å². The molecule has 7 nitrogen and oxygen atoms in total. The van der Waals surface area contributed by atoms with Gasteiger partial charge in [0.2, 0.25) is 10.0 Å². The van der Waals surface area contributed by atoms with Crippen LogP contribution in [0.1, 0.15) is 28.8 Å². The Balaban J connectivity index is 1.64. The van der Waals surface area contributed by atoms with Crippen molar-refractivity contribution in [2.45, 2.75) is 30.3 Å². The molecule has 0 spiro atoms. The van der Waals surface area contributed by atoms with Crippen molar-refractivity contribution in [2.75, 3.05) is 6.61 Å². The minimum absolute atomic E-state index is 0.0833. The van der Waals surface area contributed by atoms with E-state index < -0.39 is 34.3 Å². The van der Waals surface area contributed by atoms with Gasteiger partial charge in [0.1, 0.15) is 10.7 Å². The number of esters is 1. The van der Waals surface area contributed by atoms with Crippen molar-refractivity contribution < 1.29 is 27.1 Å². The number of rotatable bonds is 8. The fourth-order valence-electron chi connectivity index (χ4n) is 2.47. The molecular weight excluding hydrogens is 458 g/mol. The molecule has 2 N–H and O–H groups in total. The number of halogens is 3. The average Bonchev–Trinajstić information content (AvgIpc) is 3.48. The van der Waals surface area contributed by atoms with Gasteiger partial charge in [0.15, 0.2) is 6.61 Å². The number of ether oxygens (including phenoxy) is 1. The van der Waals surface area contributed by atoms with Crippen LogP contribution in [0, 0.1) is 5.82 Å². The summed E-state index contributed by atoms with van der Waals surface area (Å²) in [5.74, 6) is -2.14. The maximum atomic E-state index is 13.6. The lowest BCUT2D eigenvalue weighted by Crippen LogP contribution is -2.29. The van der Waals surface area contributed by atoms with Crippen LogP contribution in [0.4, 0.5) is 4.39 Å².